The molecule has 9 aromatic rings. The van der Waals surface area contributed by atoms with Crippen LogP contribution in [-0.4, -0.2) is 0 Å². The molecule has 0 aliphatic carbocycles. The average Bonchev–Trinajstić information content (AvgIpc) is 3.60. The Labute approximate surface area is 292 Å². The van der Waals surface area contributed by atoms with Crippen LogP contribution in [0.4, 0.5) is 17.1 Å². The zero-order valence-electron chi connectivity index (χ0n) is 27.4. The molecule has 0 fully saturated rings. The molecule has 1 aromatic heterocycles. The molecule has 0 N–H and O–H groups in total. The second-order valence-electron chi connectivity index (χ2n) is 12.5. The maximum Gasteiger partial charge on any atom is 0.145 e. The fourth-order valence-electron chi connectivity index (χ4n) is 7.15. The van der Waals surface area contributed by atoms with E-state index in [-0.39, 0.29) is 0 Å². The maximum absolute atomic E-state index is 6.76. The van der Waals surface area contributed by atoms with Gasteiger partial charge in [0.1, 0.15) is 11.2 Å². The number of fused-ring (bicyclic) bond motifs is 3. The highest BCUT2D eigenvalue weighted by atomic mass is 16.3. The van der Waals surface area contributed by atoms with Crippen LogP contribution in [-0.2, 0) is 0 Å². The Bertz CT molecular complexity index is 2570. The summed E-state index contributed by atoms with van der Waals surface area (Å²) in [5.41, 5.74) is 14.2. The highest BCUT2D eigenvalue weighted by molar-refractivity contribution is 6.17. The molecule has 2 nitrogen and oxygen atoms in total. The molecule has 50 heavy (non-hydrogen) atoms. The zero-order chi connectivity index (χ0) is 33.3. The third-order valence-electron chi connectivity index (χ3n) is 9.51. The van der Waals surface area contributed by atoms with Crippen molar-refractivity contribution in [2.75, 3.05) is 4.90 Å². The number of hydrogen-bond donors (Lipinski definition) is 0. The van der Waals surface area contributed by atoms with Gasteiger partial charge in [0, 0.05) is 22.1 Å². The van der Waals surface area contributed by atoms with Crippen molar-refractivity contribution in [3.63, 3.8) is 0 Å². The molecule has 0 bridgehead atoms. The van der Waals surface area contributed by atoms with E-state index in [1.54, 1.807) is 0 Å². The maximum atomic E-state index is 6.76. The smallest absolute Gasteiger partial charge is 0.145 e. The lowest BCUT2D eigenvalue weighted by atomic mass is 9.95. The average molecular weight is 640 g/mol. The van der Waals surface area contributed by atoms with Crippen LogP contribution >= 0.6 is 0 Å². The van der Waals surface area contributed by atoms with Crippen molar-refractivity contribution >= 4 is 39.0 Å². The van der Waals surface area contributed by atoms with Crippen LogP contribution in [0.1, 0.15) is 0 Å². The Morgan fingerprint density at radius 1 is 0.300 bits per heavy atom. The quantitative estimate of drug-likeness (QED) is 0.173. The summed E-state index contributed by atoms with van der Waals surface area (Å²) in [6, 6.07) is 71.0. The molecule has 0 saturated carbocycles. The topological polar surface area (TPSA) is 16.4 Å². The van der Waals surface area contributed by atoms with E-state index >= 15 is 0 Å². The van der Waals surface area contributed by atoms with Crippen molar-refractivity contribution in [1.29, 1.82) is 0 Å². The Morgan fingerprint density at radius 2 is 0.740 bits per heavy atom. The molecular weight excluding hydrogens is 607 g/mol. The summed E-state index contributed by atoms with van der Waals surface area (Å²) in [4.78, 5) is 2.43. The molecule has 236 valence electrons. The van der Waals surface area contributed by atoms with Gasteiger partial charge in [-0.25, -0.2) is 0 Å². The summed E-state index contributed by atoms with van der Waals surface area (Å²) in [6.45, 7) is 0. The van der Waals surface area contributed by atoms with Crippen molar-refractivity contribution in [2.45, 2.75) is 0 Å². The summed E-state index contributed by atoms with van der Waals surface area (Å²) in [7, 11) is 0. The first-order valence-electron chi connectivity index (χ1n) is 17.0. The molecule has 0 atom stereocenters. The number of rotatable bonds is 7. The van der Waals surface area contributed by atoms with Gasteiger partial charge in [0.2, 0.25) is 0 Å². The van der Waals surface area contributed by atoms with E-state index in [0.29, 0.717) is 0 Å². The van der Waals surface area contributed by atoms with Crippen molar-refractivity contribution in [3.05, 3.63) is 200 Å². The van der Waals surface area contributed by atoms with E-state index in [0.717, 1.165) is 72.4 Å². The van der Waals surface area contributed by atoms with Gasteiger partial charge in [-0.15, -0.1) is 0 Å². The summed E-state index contributed by atoms with van der Waals surface area (Å²) < 4.78 is 6.76. The van der Waals surface area contributed by atoms with E-state index in [4.69, 9.17) is 4.42 Å². The first kappa shape index (κ1) is 29.5. The summed E-state index contributed by atoms with van der Waals surface area (Å²) >= 11 is 0. The number of para-hydroxylation sites is 3. The molecule has 8 aromatic carbocycles. The first-order valence-corrected chi connectivity index (χ1v) is 17.0. The van der Waals surface area contributed by atoms with E-state index < -0.39 is 0 Å². The van der Waals surface area contributed by atoms with Gasteiger partial charge in [0.05, 0.1) is 22.4 Å². The van der Waals surface area contributed by atoms with Crippen molar-refractivity contribution in [3.8, 4) is 44.5 Å². The molecule has 9 rings (SSSR count). The number of furan rings is 1. The van der Waals surface area contributed by atoms with Crippen LogP contribution in [0.3, 0.4) is 0 Å². The standard InChI is InChI=1S/C48H33NO/c1-4-16-34(17-5-1)35-28-30-38(31-29-35)40-23-11-14-26-44(40)49(43-25-13-10-22-39(43)36-18-6-2-7-19-36)45-33-32-41(37-20-8-3-9-21-37)48-47(45)42-24-12-15-27-46(42)50-48/h1-33H. The van der Waals surface area contributed by atoms with Crippen molar-refractivity contribution < 1.29 is 4.42 Å². The number of anilines is 3. The van der Waals surface area contributed by atoms with Crippen molar-refractivity contribution in [2.24, 2.45) is 0 Å². The fraction of sp³-hybridized carbons (Fsp3) is 0. The molecule has 0 saturated heterocycles. The van der Waals surface area contributed by atoms with Gasteiger partial charge >= 0.3 is 0 Å². The molecule has 0 aliphatic rings. The second kappa shape index (κ2) is 12.8. The van der Waals surface area contributed by atoms with Gasteiger partial charge in [0.15, 0.2) is 0 Å². The van der Waals surface area contributed by atoms with E-state index in [1.807, 2.05) is 6.07 Å². The van der Waals surface area contributed by atoms with Crippen molar-refractivity contribution in [1.82, 2.24) is 0 Å². The lowest BCUT2D eigenvalue weighted by Crippen LogP contribution is -2.13. The zero-order valence-corrected chi connectivity index (χ0v) is 27.4. The molecule has 2 heteroatoms. The molecule has 0 aliphatic heterocycles. The van der Waals surface area contributed by atoms with E-state index in [9.17, 15) is 0 Å². The van der Waals surface area contributed by atoms with Crippen LogP contribution in [0.15, 0.2) is 205 Å². The molecular formula is C48H33NO. The second-order valence-corrected chi connectivity index (χ2v) is 12.5. The monoisotopic (exact) mass is 639 g/mol. The van der Waals surface area contributed by atoms with Gasteiger partial charge in [-0.2, -0.15) is 0 Å². The van der Waals surface area contributed by atoms with Gasteiger partial charge in [-0.1, -0.05) is 170 Å². The van der Waals surface area contributed by atoms with Gasteiger partial charge in [-0.3, -0.25) is 0 Å². The normalized spacial score (nSPS) is 11.2. The molecule has 0 amide bonds. The Hall–Kier alpha value is -6.64. The molecule has 0 unspecified atom stereocenters. The van der Waals surface area contributed by atoms with Gasteiger partial charge < -0.3 is 9.32 Å². The number of benzene rings is 8. The minimum atomic E-state index is 0.869. The number of nitrogens with zero attached hydrogens (tertiary/aromatic N) is 1. The lowest BCUT2D eigenvalue weighted by Gasteiger charge is -2.30. The summed E-state index contributed by atoms with van der Waals surface area (Å²) in [6.07, 6.45) is 0. The highest BCUT2D eigenvalue weighted by Gasteiger charge is 2.25. The van der Waals surface area contributed by atoms with Crippen LogP contribution < -0.4 is 4.90 Å². The van der Waals surface area contributed by atoms with Crippen LogP contribution in [0.25, 0.3) is 66.4 Å². The summed E-state index contributed by atoms with van der Waals surface area (Å²) in [5.74, 6) is 0. The minimum absolute atomic E-state index is 0.869. The van der Waals surface area contributed by atoms with Gasteiger partial charge in [0.25, 0.3) is 0 Å². The Kier molecular flexibility index (Phi) is 7.53. The Morgan fingerprint density at radius 3 is 1.36 bits per heavy atom. The predicted octanol–water partition coefficient (Wildman–Crippen LogP) is 13.7. The molecule has 0 spiro atoms. The number of hydrogen-bond acceptors (Lipinski definition) is 2. The third-order valence-corrected chi connectivity index (χ3v) is 9.51. The largest absolute Gasteiger partial charge is 0.455 e. The minimum Gasteiger partial charge on any atom is -0.455 e. The van der Waals surface area contributed by atoms with Crippen LogP contribution in [0.2, 0.25) is 0 Å². The lowest BCUT2D eigenvalue weighted by molar-refractivity contribution is 0.670. The van der Waals surface area contributed by atoms with E-state index in [1.165, 1.54) is 11.1 Å². The fourth-order valence-corrected chi connectivity index (χ4v) is 7.15. The van der Waals surface area contributed by atoms with E-state index in [2.05, 4.69) is 199 Å². The predicted molar refractivity (Wildman–Crippen MR) is 210 cm³/mol. The molecule has 0 radical (unpaired) electrons. The Balaban J connectivity index is 1.33. The summed E-state index contributed by atoms with van der Waals surface area (Å²) in [5, 5.41) is 2.17. The van der Waals surface area contributed by atoms with Crippen LogP contribution in [0.5, 0.6) is 0 Å². The van der Waals surface area contributed by atoms with Gasteiger partial charge in [-0.05, 0) is 58.1 Å². The highest BCUT2D eigenvalue weighted by Crippen LogP contribution is 2.50. The molecule has 1 heterocycles. The third kappa shape index (κ3) is 5.24. The SMILES string of the molecule is c1ccc(-c2ccc(-c3ccccc3N(c3ccccc3-c3ccccc3)c3ccc(-c4ccccc4)c4oc5ccccc5c34)cc2)cc1. The first-order chi connectivity index (χ1) is 24.8. The van der Waals surface area contributed by atoms with Crippen LogP contribution in [0, 0.1) is 0 Å².